The number of carboxylic acid groups (broad SMARTS) is 1. The first-order valence-corrected chi connectivity index (χ1v) is 7.21. The highest BCUT2D eigenvalue weighted by molar-refractivity contribution is 5.97. The number of rotatable bonds is 5. The molecule has 1 aromatic rings. The van der Waals surface area contributed by atoms with Crippen LogP contribution < -0.4 is 4.90 Å². The molecule has 21 heavy (non-hydrogen) atoms. The molecule has 1 saturated heterocycles. The largest absolute Gasteiger partial charge is 0.481 e. The average Bonchev–Trinajstić information content (AvgIpc) is 2.97. The molecule has 0 saturated carbocycles. The second kappa shape index (κ2) is 6.72. The van der Waals surface area contributed by atoms with Crippen LogP contribution in [-0.4, -0.2) is 36.2 Å². The minimum Gasteiger partial charge on any atom is -0.481 e. The van der Waals surface area contributed by atoms with Crippen molar-refractivity contribution in [1.29, 1.82) is 0 Å². The average molecular weight is 291 g/mol. The minimum atomic E-state index is -0.909. The lowest BCUT2D eigenvalue weighted by Crippen LogP contribution is -2.42. The number of benzene rings is 1. The summed E-state index contributed by atoms with van der Waals surface area (Å²) in [7, 11) is 0. The summed E-state index contributed by atoms with van der Waals surface area (Å²) < 4.78 is 5.45. The maximum Gasteiger partial charge on any atom is 0.308 e. The number of carbonyl (C=O) groups excluding carboxylic acids is 1. The van der Waals surface area contributed by atoms with Crippen molar-refractivity contribution in [3.63, 3.8) is 0 Å². The van der Waals surface area contributed by atoms with E-state index in [1.807, 2.05) is 31.2 Å². The Kier molecular flexibility index (Phi) is 4.96. The Hall–Kier alpha value is -1.88. The molecule has 1 amide bonds. The first kappa shape index (κ1) is 15.5. The summed E-state index contributed by atoms with van der Waals surface area (Å²) >= 11 is 0. The van der Waals surface area contributed by atoms with E-state index in [2.05, 4.69) is 0 Å². The third-order valence-corrected chi connectivity index (χ3v) is 3.66. The lowest BCUT2D eigenvalue weighted by atomic mass is 10.1. The quantitative estimate of drug-likeness (QED) is 0.903. The molecule has 5 heteroatoms. The van der Waals surface area contributed by atoms with Gasteiger partial charge in [0.05, 0.1) is 5.92 Å². The van der Waals surface area contributed by atoms with E-state index in [0.29, 0.717) is 13.0 Å². The molecule has 1 fully saturated rings. The van der Waals surface area contributed by atoms with E-state index < -0.39 is 18.0 Å². The molecule has 0 radical (unpaired) electrons. The Labute approximate surface area is 124 Å². The second-order valence-electron chi connectivity index (χ2n) is 5.53. The summed E-state index contributed by atoms with van der Waals surface area (Å²) in [5.41, 5.74) is 1.75. The predicted molar refractivity (Wildman–Crippen MR) is 79.3 cm³/mol. The van der Waals surface area contributed by atoms with E-state index >= 15 is 0 Å². The molecule has 5 nitrogen and oxygen atoms in total. The van der Waals surface area contributed by atoms with E-state index in [0.717, 1.165) is 17.7 Å². The van der Waals surface area contributed by atoms with E-state index in [1.54, 1.807) is 11.8 Å². The Balaban J connectivity index is 2.24. The van der Waals surface area contributed by atoms with Crippen LogP contribution in [-0.2, 0) is 14.3 Å². The Morgan fingerprint density at radius 2 is 2.24 bits per heavy atom. The highest BCUT2D eigenvalue weighted by Crippen LogP contribution is 2.22. The number of nitrogens with zero attached hydrogens (tertiary/aromatic N) is 1. The van der Waals surface area contributed by atoms with Crippen LogP contribution in [0.25, 0.3) is 0 Å². The maximum absolute atomic E-state index is 12.6. The van der Waals surface area contributed by atoms with Crippen LogP contribution in [0.2, 0.25) is 0 Å². The second-order valence-corrected chi connectivity index (χ2v) is 5.53. The predicted octanol–water partition coefficient (Wildman–Crippen LogP) is 2.23. The molecule has 2 rings (SSSR count). The third-order valence-electron chi connectivity index (χ3n) is 3.66. The van der Waals surface area contributed by atoms with Crippen molar-refractivity contribution in [3.8, 4) is 0 Å². The van der Waals surface area contributed by atoms with Crippen molar-refractivity contribution in [2.24, 2.45) is 5.92 Å². The van der Waals surface area contributed by atoms with Gasteiger partial charge in [0.25, 0.3) is 5.91 Å². The SMILES string of the molecule is Cc1cccc(N(CC(C)C(=O)O)C(=O)C2CCCO2)c1. The number of ether oxygens (including phenoxy) is 1. The number of hydrogen-bond acceptors (Lipinski definition) is 3. The topological polar surface area (TPSA) is 66.8 Å². The normalized spacial score (nSPS) is 19.2. The van der Waals surface area contributed by atoms with Gasteiger partial charge in [-0.25, -0.2) is 0 Å². The molecule has 0 aromatic heterocycles. The van der Waals surface area contributed by atoms with Crippen LogP contribution in [0.15, 0.2) is 24.3 Å². The van der Waals surface area contributed by atoms with Crippen molar-refractivity contribution in [3.05, 3.63) is 29.8 Å². The molecule has 2 unspecified atom stereocenters. The van der Waals surface area contributed by atoms with Crippen molar-refractivity contribution in [1.82, 2.24) is 0 Å². The van der Waals surface area contributed by atoms with E-state index in [1.165, 1.54) is 0 Å². The zero-order chi connectivity index (χ0) is 15.4. The Bertz CT molecular complexity index is 523. The van der Waals surface area contributed by atoms with Crippen LogP contribution >= 0.6 is 0 Å². The monoisotopic (exact) mass is 291 g/mol. The summed E-state index contributed by atoms with van der Waals surface area (Å²) in [6.07, 6.45) is 1.11. The van der Waals surface area contributed by atoms with Gasteiger partial charge in [-0.3, -0.25) is 9.59 Å². The number of hydrogen-bond donors (Lipinski definition) is 1. The van der Waals surface area contributed by atoms with Crippen LogP contribution in [0.5, 0.6) is 0 Å². The summed E-state index contributed by atoms with van der Waals surface area (Å²) in [6.45, 7) is 4.29. The van der Waals surface area contributed by atoms with Crippen LogP contribution in [0, 0.1) is 12.8 Å². The zero-order valence-corrected chi connectivity index (χ0v) is 12.4. The first-order valence-electron chi connectivity index (χ1n) is 7.21. The highest BCUT2D eigenvalue weighted by Gasteiger charge is 2.31. The molecule has 1 aliphatic rings. The molecule has 0 bridgehead atoms. The fourth-order valence-electron chi connectivity index (χ4n) is 2.42. The van der Waals surface area contributed by atoms with Gasteiger partial charge in [0, 0.05) is 18.8 Å². The summed E-state index contributed by atoms with van der Waals surface area (Å²) in [6, 6.07) is 7.53. The highest BCUT2D eigenvalue weighted by atomic mass is 16.5. The molecule has 1 N–H and O–H groups in total. The van der Waals surface area contributed by atoms with Gasteiger partial charge in [0.15, 0.2) is 0 Å². The lowest BCUT2D eigenvalue weighted by molar-refractivity contribution is -0.140. The van der Waals surface area contributed by atoms with Crippen LogP contribution in [0.3, 0.4) is 0 Å². The standard InChI is InChI=1S/C16H21NO4/c1-11-5-3-6-13(9-11)17(10-12(2)16(19)20)15(18)14-7-4-8-21-14/h3,5-6,9,12,14H,4,7-8,10H2,1-2H3,(H,19,20). The fraction of sp³-hybridized carbons (Fsp3) is 0.500. The van der Waals surface area contributed by atoms with E-state index in [-0.39, 0.29) is 12.5 Å². The zero-order valence-electron chi connectivity index (χ0n) is 12.4. The molecule has 1 aromatic carbocycles. The number of anilines is 1. The lowest BCUT2D eigenvalue weighted by Gasteiger charge is -2.27. The van der Waals surface area contributed by atoms with Crippen molar-refractivity contribution < 1.29 is 19.4 Å². The number of aliphatic carboxylic acids is 1. The fourth-order valence-corrected chi connectivity index (χ4v) is 2.42. The minimum absolute atomic E-state index is 0.147. The molecule has 1 heterocycles. The molecule has 114 valence electrons. The number of carboxylic acids is 1. The van der Waals surface area contributed by atoms with Gasteiger partial charge < -0.3 is 14.7 Å². The number of aryl methyl sites for hydroxylation is 1. The van der Waals surface area contributed by atoms with Gasteiger partial charge in [0.2, 0.25) is 0 Å². The van der Waals surface area contributed by atoms with Gasteiger partial charge >= 0.3 is 5.97 Å². The molecular weight excluding hydrogens is 270 g/mol. The Morgan fingerprint density at radius 1 is 1.48 bits per heavy atom. The van der Waals surface area contributed by atoms with Gasteiger partial charge in [-0.15, -0.1) is 0 Å². The smallest absolute Gasteiger partial charge is 0.308 e. The van der Waals surface area contributed by atoms with Gasteiger partial charge in [0.1, 0.15) is 6.10 Å². The molecule has 0 aliphatic carbocycles. The summed E-state index contributed by atoms with van der Waals surface area (Å²) in [4.78, 5) is 25.3. The van der Waals surface area contributed by atoms with Crippen molar-refractivity contribution in [2.75, 3.05) is 18.1 Å². The molecule has 1 aliphatic heterocycles. The van der Waals surface area contributed by atoms with Gasteiger partial charge in [-0.2, -0.15) is 0 Å². The molecule has 0 spiro atoms. The van der Waals surface area contributed by atoms with Crippen LogP contribution in [0.4, 0.5) is 5.69 Å². The van der Waals surface area contributed by atoms with Crippen molar-refractivity contribution in [2.45, 2.75) is 32.8 Å². The molecule has 2 atom stereocenters. The number of carbonyl (C=O) groups is 2. The van der Waals surface area contributed by atoms with Crippen LogP contribution in [0.1, 0.15) is 25.3 Å². The van der Waals surface area contributed by atoms with E-state index in [4.69, 9.17) is 9.84 Å². The maximum atomic E-state index is 12.6. The molecular formula is C16H21NO4. The summed E-state index contributed by atoms with van der Waals surface area (Å²) in [5.74, 6) is -1.69. The third kappa shape index (κ3) is 3.82. The van der Waals surface area contributed by atoms with Crippen molar-refractivity contribution >= 4 is 17.6 Å². The van der Waals surface area contributed by atoms with Gasteiger partial charge in [-0.05, 0) is 37.5 Å². The number of amides is 1. The van der Waals surface area contributed by atoms with E-state index in [9.17, 15) is 9.59 Å². The first-order chi connectivity index (χ1) is 9.99. The Morgan fingerprint density at radius 3 is 2.81 bits per heavy atom. The van der Waals surface area contributed by atoms with Gasteiger partial charge in [-0.1, -0.05) is 19.1 Å². The summed E-state index contributed by atoms with van der Waals surface area (Å²) in [5, 5.41) is 9.11.